The van der Waals surface area contributed by atoms with Crippen LogP contribution < -0.4 is 0 Å². The van der Waals surface area contributed by atoms with Gasteiger partial charge >= 0.3 is 0 Å². The Morgan fingerprint density at radius 1 is 0.882 bits per heavy atom. The van der Waals surface area contributed by atoms with Crippen LogP contribution in [0.4, 0.5) is 0 Å². The van der Waals surface area contributed by atoms with Crippen LogP contribution in [0.25, 0.3) is 16.7 Å². The maximum Gasteiger partial charge on any atom is 0.143 e. The molecule has 0 aliphatic rings. The molecule has 0 aromatic heterocycles. The van der Waals surface area contributed by atoms with E-state index in [0.29, 0.717) is 0 Å². The number of carbonyl (C=O) groups is 1. The zero-order valence-electron chi connectivity index (χ0n) is 9.76. The van der Waals surface area contributed by atoms with Crippen molar-refractivity contribution in [3.05, 3.63) is 66.2 Å². The summed E-state index contributed by atoms with van der Waals surface area (Å²) in [5.41, 5.74) is 4.46. The quantitative estimate of drug-likeness (QED) is 0.567. The molecule has 0 N–H and O–H groups in total. The van der Waals surface area contributed by atoms with Crippen LogP contribution >= 0.6 is 0 Å². The third-order valence-corrected chi connectivity index (χ3v) is 2.77. The number of rotatable bonds is 3. The minimum absolute atomic E-state index is 0.820. The fraction of sp³-hybridized carbons (Fsp3) is 0.0625. The minimum atomic E-state index is 0.820. The van der Waals surface area contributed by atoms with Crippen molar-refractivity contribution >= 4 is 11.9 Å². The highest BCUT2D eigenvalue weighted by Crippen LogP contribution is 2.21. The lowest BCUT2D eigenvalue weighted by Crippen LogP contribution is -1.82. The Morgan fingerprint density at radius 2 is 1.47 bits per heavy atom. The molecule has 0 saturated carbocycles. The van der Waals surface area contributed by atoms with Gasteiger partial charge < -0.3 is 0 Å². The number of hydrogen-bond acceptors (Lipinski definition) is 1. The van der Waals surface area contributed by atoms with Gasteiger partial charge in [-0.1, -0.05) is 54.6 Å². The smallest absolute Gasteiger partial charge is 0.143 e. The van der Waals surface area contributed by atoms with Gasteiger partial charge in [0, 0.05) is 0 Å². The Morgan fingerprint density at radius 3 is 2.06 bits per heavy atom. The van der Waals surface area contributed by atoms with Crippen molar-refractivity contribution in [2.24, 2.45) is 0 Å². The van der Waals surface area contributed by atoms with Crippen LogP contribution in [0.5, 0.6) is 0 Å². The van der Waals surface area contributed by atoms with Crippen LogP contribution in [0, 0.1) is 0 Å². The first-order chi connectivity index (χ1) is 8.31. The molecule has 0 amide bonds. The predicted molar refractivity (Wildman–Crippen MR) is 71.6 cm³/mol. The van der Waals surface area contributed by atoms with Crippen LogP contribution in [-0.2, 0) is 4.79 Å². The molecular weight excluding hydrogens is 208 g/mol. The van der Waals surface area contributed by atoms with Gasteiger partial charge in [0.15, 0.2) is 0 Å². The molecule has 0 radical (unpaired) electrons. The van der Waals surface area contributed by atoms with E-state index in [4.69, 9.17) is 0 Å². The molecule has 0 spiro atoms. The molecule has 0 aliphatic heterocycles. The second-order valence-electron chi connectivity index (χ2n) is 3.93. The fourth-order valence-electron chi connectivity index (χ4n) is 1.75. The zero-order valence-corrected chi connectivity index (χ0v) is 9.76. The van der Waals surface area contributed by atoms with Gasteiger partial charge in [-0.2, -0.15) is 0 Å². The van der Waals surface area contributed by atoms with Crippen LogP contribution in [0.15, 0.2) is 60.7 Å². The number of hydrogen-bond donors (Lipinski definition) is 0. The van der Waals surface area contributed by atoms with Gasteiger partial charge in [0.25, 0.3) is 0 Å². The zero-order chi connectivity index (χ0) is 12.1. The molecule has 1 heteroatoms. The van der Waals surface area contributed by atoms with Crippen molar-refractivity contribution in [1.29, 1.82) is 0 Å². The van der Waals surface area contributed by atoms with Crippen molar-refractivity contribution in [1.82, 2.24) is 0 Å². The first-order valence-corrected chi connectivity index (χ1v) is 5.59. The second-order valence-corrected chi connectivity index (χ2v) is 3.93. The number of allylic oxidation sites excluding steroid dienone is 2. The Bertz CT molecular complexity index is 521. The Balaban J connectivity index is 2.31. The summed E-state index contributed by atoms with van der Waals surface area (Å²) >= 11 is 0. The van der Waals surface area contributed by atoms with E-state index in [0.717, 1.165) is 17.4 Å². The molecule has 2 aromatic rings. The fourth-order valence-corrected chi connectivity index (χ4v) is 1.75. The van der Waals surface area contributed by atoms with Crippen molar-refractivity contribution in [2.75, 3.05) is 0 Å². The highest BCUT2D eigenvalue weighted by molar-refractivity contribution is 5.81. The lowest BCUT2D eigenvalue weighted by Gasteiger charge is -2.04. The van der Waals surface area contributed by atoms with Crippen molar-refractivity contribution < 1.29 is 4.79 Å². The van der Waals surface area contributed by atoms with Gasteiger partial charge in [0.05, 0.1) is 0 Å². The minimum Gasteiger partial charge on any atom is -0.299 e. The van der Waals surface area contributed by atoms with Gasteiger partial charge in [-0.15, -0.1) is 0 Å². The highest BCUT2D eigenvalue weighted by Gasteiger charge is 1.98. The Kier molecular flexibility index (Phi) is 3.51. The summed E-state index contributed by atoms with van der Waals surface area (Å²) in [5, 5.41) is 0. The molecule has 17 heavy (non-hydrogen) atoms. The maximum atomic E-state index is 10.4. The third-order valence-electron chi connectivity index (χ3n) is 2.77. The summed E-state index contributed by atoms with van der Waals surface area (Å²) in [6.07, 6.45) is 2.40. The number of carbonyl (C=O) groups excluding carboxylic acids is 1. The van der Waals surface area contributed by atoms with Gasteiger partial charge in [0.2, 0.25) is 0 Å². The molecule has 2 aromatic carbocycles. The summed E-state index contributed by atoms with van der Waals surface area (Å²) in [5.74, 6) is 0. The van der Waals surface area contributed by atoms with Crippen LogP contribution in [-0.4, -0.2) is 6.29 Å². The highest BCUT2D eigenvalue weighted by atomic mass is 16.1. The number of aldehydes is 1. The van der Waals surface area contributed by atoms with E-state index in [9.17, 15) is 4.79 Å². The molecule has 0 saturated heterocycles. The van der Waals surface area contributed by atoms with E-state index < -0.39 is 0 Å². The lowest BCUT2D eigenvalue weighted by molar-refractivity contribution is -0.104. The molecule has 0 atom stereocenters. The van der Waals surface area contributed by atoms with Gasteiger partial charge in [-0.05, 0) is 35.3 Å². The average molecular weight is 222 g/mol. The third kappa shape index (κ3) is 2.70. The lowest BCUT2D eigenvalue weighted by atomic mass is 10.0. The topological polar surface area (TPSA) is 17.1 Å². The molecule has 0 aliphatic carbocycles. The van der Waals surface area contributed by atoms with Crippen LogP contribution in [0.1, 0.15) is 12.5 Å². The van der Waals surface area contributed by atoms with Crippen molar-refractivity contribution in [3.63, 3.8) is 0 Å². The molecule has 2 rings (SSSR count). The van der Waals surface area contributed by atoms with E-state index in [2.05, 4.69) is 24.3 Å². The van der Waals surface area contributed by atoms with E-state index in [1.54, 1.807) is 6.08 Å². The first-order valence-electron chi connectivity index (χ1n) is 5.59. The second kappa shape index (κ2) is 5.26. The SMILES string of the molecule is C/C(=C/C=O)c1ccc(-c2ccccc2)cc1. The molecule has 0 fully saturated rings. The van der Waals surface area contributed by atoms with E-state index >= 15 is 0 Å². The molecule has 0 bridgehead atoms. The monoisotopic (exact) mass is 222 g/mol. The number of benzene rings is 2. The summed E-state index contributed by atoms with van der Waals surface area (Å²) in [4.78, 5) is 10.4. The van der Waals surface area contributed by atoms with Crippen molar-refractivity contribution in [2.45, 2.75) is 6.92 Å². The molecule has 0 unspecified atom stereocenters. The molecule has 0 heterocycles. The van der Waals surface area contributed by atoms with Crippen molar-refractivity contribution in [3.8, 4) is 11.1 Å². The predicted octanol–water partition coefficient (Wildman–Crippen LogP) is 3.96. The normalized spacial score (nSPS) is 11.2. The first kappa shape index (κ1) is 11.3. The van der Waals surface area contributed by atoms with Crippen LogP contribution in [0.3, 0.4) is 0 Å². The maximum absolute atomic E-state index is 10.4. The molecular formula is C16H14O. The average Bonchev–Trinajstić information content (AvgIpc) is 2.40. The van der Waals surface area contributed by atoms with Crippen LogP contribution in [0.2, 0.25) is 0 Å². The largest absolute Gasteiger partial charge is 0.299 e. The summed E-state index contributed by atoms with van der Waals surface area (Å²) < 4.78 is 0. The van der Waals surface area contributed by atoms with E-state index in [1.165, 1.54) is 11.1 Å². The van der Waals surface area contributed by atoms with Gasteiger partial charge in [-0.25, -0.2) is 0 Å². The van der Waals surface area contributed by atoms with Gasteiger partial charge in [0.1, 0.15) is 6.29 Å². The summed E-state index contributed by atoms with van der Waals surface area (Å²) in [7, 11) is 0. The summed E-state index contributed by atoms with van der Waals surface area (Å²) in [6, 6.07) is 18.5. The Hall–Kier alpha value is -2.15. The summed E-state index contributed by atoms with van der Waals surface area (Å²) in [6.45, 7) is 1.94. The Labute approximate surface area is 101 Å². The molecule has 1 nitrogen and oxygen atoms in total. The van der Waals surface area contributed by atoms with E-state index in [1.807, 2.05) is 37.3 Å². The standard InChI is InChI=1S/C16H14O/c1-13(11-12-17)14-7-9-16(10-8-14)15-5-3-2-4-6-15/h2-12H,1H3/b13-11-. The van der Waals surface area contributed by atoms with Gasteiger partial charge in [-0.3, -0.25) is 4.79 Å². The van der Waals surface area contributed by atoms with E-state index in [-0.39, 0.29) is 0 Å². The molecule has 84 valence electrons.